The quantitative estimate of drug-likeness (QED) is 0.818. The monoisotopic (exact) mass is 329 g/mol. The Morgan fingerprint density at radius 1 is 1.25 bits per heavy atom. The molecule has 0 aliphatic rings. The van der Waals surface area contributed by atoms with Crippen molar-refractivity contribution in [2.24, 2.45) is 5.92 Å². The minimum absolute atomic E-state index is 0.172. The molecule has 2 rings (SSSR count). The van der Waals surface area contributed by atoms with Gasteiger partial charge in [-0.3, -0.25) is 14.3 Å². The Morgan fingerprint density at radius 2 is 1.92 bits per heavy atom. The summed E-state index contributed by atoms with van der Waals surface area (Å²) in [5, 5.41) is 16.2. The number of rotatable bonds is 7. The van der Waals surface area contributed by atoms with Gasteiger partial charge in [-0.2, -0.15) is 5.10 Å². The highest BCUT2D eigenvalue weighted by Crippen LogP contribution is 2.18. The molecule has 1 heterocycles. The molecule has 2 aromatic rings. The van der Waals surface area contributed by atoms with Gasteiger partial charge < -0.3 is 10.4 Å². The second-order valence-corrected chi connectivity index (χ2v) is 6.25. The van der Waals surface area contributed by atoms with Gasteiger partial charge in [-0.1, -0.05) is 44.2 Å². The Labute approximate surface area is 141 Å². The summed E-state index contributed by atoms with van der Waals surface area (Å²) in [5.41, 5.74) is 2.02. The molecule has 24 heavy (non-hydrogen) atoms. The number of carboxylic acid groups (broad SMARTS) is 1. The molecule has 0 saturated carbocycles. The third kappa shape index (κ3) is 4.44. The van der Waals surface area contributed by atoms with E-state index in [1.165, 1.54) is 6.20 Å². The SMILES string of the molecule is Cc1c(C(=O)NC(CC(=O)O)c2ccccc2)cnn1CC(C)C. The van der Waals surface area contributed by atoms with Crippen LogP contribution < -0.4 is 5.32 Å². The van der Waals surface area contributed by atoms with Crippen LogP contribution in [0.4, 0.5) is 0 Å². The van der Waals surface area contributed by atoms with Gasteiger partial charge in [0, 0.05) is 12.2 Å². The van der Waals surface area contributed by atoms with Crippen LogP contribution in [0.15, 0.2) is 36.5 Å². The number of carbonyl (C=O) groups is 2. The van der Waals surface area contributed by atoms with Crippen LogP contribution in [0.25, 0.3) is 0 Å². The van der Waals surface area contributed by atoms with E-state index >= 15 is 0 Å². The Balaban J connectivity index is 2.19. The van der Waals surface area contributed by atoms with Crippen LogP contribution in [0.1, 0.15) is 47.9 Å². The summed E-state index contributed by atoms with van der Waals surface area (Å²) in [4.78, 5) is 23.7. The lowest BCUT2D eigenvalue weighted by Gasteiger charge is -2.17. The molecule has 0 aliphatic carbocycles. The number of aromatic nitrogens is 2. The molecule has 1 aromatic carbocycles. The molecule has 0 bridgehead atoms. The van der Waals surface area contributed by atoms with Crippen LogP contribution >= 0.6 is 0 Å². The van der Waals surface area contributed by atoms with Crippen molar-refractivity contribution in [3.63, 3.8) is 0 Å². The van der Waals surface area contributed by atoms with E-state index in [1.807, 2.05) is 37.3 Å². The van der Waals surface area contributed by atoms with Gasteiger partial charge in [-0.25, -0.2) is 0 Å². The van der Waals surface area contributed by atoms with E-state index in [-0.39, 0.29) is 12.3 Å². The fraction of sp³-hybridized carbons (Fsp3) is 0.389. The summed E-state index contributed by atoms with van der Waals surface area (Å²) in [5.74, 6) is -0.849. The average molecular weight is 329 g/mol. The predicted molar refractivity (Wildman–Crippen MR) is 90.7 cm³/mol. The largest absolute Gasteiger partial charge is 0.481 e. The fourth-order valence-electron chi connectivity index (χ4n) is 2.55. The van der Waals surface area contributed by atoms with Crippen LogP contribution in [-0.2, 0) is 11.3 Å². The number of amides is 1. The number of carboxylic acids is 1. The number of benzene rings is 1. The molecule has 6 heteroatoms. The molecule has 1 unspecified atom stereocenters. The molecule has 1 aromatic heterocycles. The summed E-state index contributed by atoms with van der Waals surface area (Å²) in [7, 11) is 0. The average Bonchev–Trinajstić information content (AvgIpc) is 2.87. The first-order valence-corrected chi connectivity index (χ1v) is 7.98. The van der Waals surface area contributed by atoms with Crippen molar-refractivity contribution >= 4 is 11.9 Å². The highest BCUT2D eigenvalue weighted by molar-refractivity contribution is 5.95. The van der Waals surface area contributed by atoms with Crippen LogP contribution in [-0.4, -0.2) is 26.8 Å². The molecule has 0 spiro atoms. The smallest absolute Gasteiger partial charge is 0.305 e. The van der Waals surface area contributed by atoms with E-state index < -0.39 is 12.0 Å². The predicted octanol–water partition coefficient (Wildman–Crippen LogP) is 2.79. The molecule has 128 valence electrons. The van der Waals surface area contributed by atoms with Crippen LogP contribution in [0.2, 0.25) is 0 Å². The molecule has 0 fully saturated rings. The molecule has 0 saturated heterocycles. The van der Waals surface area contributed by atoms with Crippen molar-refractivity contribution in [3.05, 3.63) is 53.3 Å². The van der Waals surface area contributed by atoms with E-state index in [1.54, 1.807) is 4.68 Å². The van der Waals surface area contributed by atoms with E-state index in [4.69, 9.17) is 5.11 Å². The number of nitrogens with one attached hydrogen (secondary N) is 1. The van der Waals surface area contributed by atoms with Crippen molar-refractivity contribution in [3.8, 4) is 0 Å². The lowest BCUT2D eigenvalue weighted by atomic mass is 10.0. The number of hydrogen-bond acceptors (Lipinski definition) is 3. The third-order valence-electron chi connectivity index (χ3n) is 3.77. The maximum Gasteiger partial charge on any atom is 0.305 e. The maximum absolute atomic E-state index is 12.6. The molecular formula is C18H23N3O3. The Kier molecular flexibility index (Phi) is 5.73. The molecule has 6 nitrogen and oxygen atoms in total. The summed E-state index contributed by atoms with van der Waals surface area (Å²) in [6.45, 7) is 6.74. The minimum atomic E-state index is -0.962. The third-order valence-corrected chi connectivity index (χ3v) is 3.77. The van der Waals surface area contributed by atoms with Gasteiger partial charge in [0.2, 0.25) is 0 Å². The standard InChI is InChI=1S/C18H23N3O3/c1-12(2)11-21-13(3)15(10-19-21)18(24)20-16(9-17(22)23)14-7-5-4-6-8-14/h4-8,10,12,16H,9,11H2,1-3H3,(H,20,24)(H,22,23). The van der Waals surface area contributed by atoms with Crippen LogP contribution in [0, 0.1) is 12.8 Å². The first kappa shape index (κ1) is 17.7. The van der Waals surface area contributed by atoms with Gasteiger partial charge in [-0.15, -0.1) is 0 Å². The van der Waals surface area contributed by atoms with Crippen molar-refractivity contribution in [2.45, 2.75) is 39.8 Å². The second-order valence-electron chi connectivity index (χ2n) is 6.25. The van der Waals surface area contributed by atoms with Gasteiger partial charge >= 0.3 is 5.97 Å². The second kappa shape index (κ2) is 7.77. The van der Waals surface area contributed by atoms with Crippen LogP contribution in [0.5, 0.6) is 0 Å². The van der Waals surface area contributed by atoms with Gasteiger partial charge in [0.25, 0.3) is 5.91 Å². The molecular weight excluding hydrogens is 306 g/mol. The summed E-state index contributed by atoms with van der Waals surface area (Å²) < 4.78 is 1.80. The highest BCUT2D eigenvalue weighted by Gasteiger charge is 2.21. The molecule has 1 amide bonds. The van der Waals surface area contributed by atoms with Crippen LogP contribution in [0.3, 0.4) is 0 Å². The Bertz CT molecular complexity index is 708. The number of nitrogens with zero attached hydrogens (tertiary/aromatic N) is 2. The topological polar surface area (TPSA) is 84.2 Å². The van der Waals surface area contributed by atoms with Crippen molar-refractivity contribution in [1.82, 2.24) is 15.1 Å². The molecule has 0 radical (unpaired) electrons. The number of hydrogen-bond donors (Lipinski definition) is 2. The number of aliphatic carboxylic acids is 1. The van der Waals surface area contributed by atoms with E-state index in [2.05, 4.69) is 24.3 Å². The van der Waals surface area contributed by atoms with Gasteiger partial charge in [-0.05, 0) is 18.4 Å². The van der Waals surface area contributed by atoms with Gasteiger partial charge in [0.1, 0.15) is 0 Å². The highest BCUT2D eigenvalue weighted by atomic mass is 16.4. The summed E-state index contributed by atoms with van der Waals surface area (Å²) in [6, 6.07) is 8.53. The number of carbonyl (C=O) groups excluding carboxylic acids is 1. The zero-order valence-corrected chi connectivity index (χ0v) is 14.2. The Hall–Kier alpha value is -2.63. The van der Waals surface area contributed by atoms with Crippen molar-refractivity contribution in [2.75, 3.05) is 0 Å². The summed E-state index contributed by atoms with van der Waals surface area (Å²) >= 11 is 0. The maximum atomic E-state index is 12.6. The van der Waals surface area contributed by atoms with E-state index in [0.29, 0.717) is 11.5 Å². The summed E-state index contributed by atoms with van der Waals surface area (Å²) in [6.07, 6.45) is 1.37. The fourth-order valence-corrected chi connectivity index (χ4v) is 2.55. The first-order chi connectivity index (χ1) is 11.4. The van der Waals surface area contributed by atoms with E-state index in [9.17, 15) is 9.59 Å². The molecule has 2 N–H and O–H groups in total. The van der Waals surface area contributed by atoms with Crippen molar-refractivity contribution < 1.29 is 14.7 Å². The molecule has 0 aliphatic heterocycles. The molecule has 1 atom stereocenters. The minimum Gasteiger partial charge on any atom is -0.481 e. The zero-order valence-electron chi connectivity index (χ0n) is 14.2. The van der Waals surface area contributed by atoms with Crippen molar-refractivity contribution in [1.29, 1.82) is 0 Å². The first-order valence-electron chi connectivity index (χ1n) is 7.98. The van der Waals surface area contributed by atoms with E-state index in [0.717, 1.165) is 17.8 Å². The Morgan fingerprint density at radius 3 is 2.50 bits per heavy atom. The zero-order chi connectivity index (χ0) is 17.7. The lowest BCUT2D eigenvalue weighted by molar-refractivity contribution is -0.137. The van der Waals surface area contributed by atoms with Gasteiger partial charge in [0.15, 0.2) is 0 Å². The van der Waals surface area contributed by atoms with Gasteiger partial charge in [0.05, 0.1) is 24.2 Å². The normalized spacial score (nSPS) is 12.2. The lowest BCUT2D eigenvalue weighted by Crippen LogP contribution is -2.30.